The smallest absolute Gasteiger partial charge is 0.265 e. The minimum atomic E-state index is -0.314. The molecule has 0 fully saturated rings. The van der Waals surface area contributed by atoms with E-state index >= 15 is 0 Å². The topological polar surface area (TPSA) is 73.6 Å². The van der Waals surface area contributed by atoms with Gasteiger partial charge in [-0.25, -0.2) is 5.84 Å². The van der Waals surface area contributed by atoms with Crippen LogP contribution in [0.5, 0.6) is 0 Å². The summed E-state index contributed by atoms with van der Waals surface area (Å²) in [7, 11) is 1.61. The van der Waals surface area contributed by atoms with E-state index in [1.807, 2.05) is 12.1 Å². The molecule has 0 spiro atoms. The Labute approximate surface area is 94.5 Å². The number of amides is 1. The Morgan fingerprint density at radius 1 is 1.38 bits per heavy atom. The monoisotopic (exact) mass is 224 g/mol. The molecule has 0 aliphatic carbocycles. The van der Waals surface area contributed by atoms with Crippen molar-refractivity contribution in [2.24, 2.45) is 5.84 Å². The number of benzene rings is 1. The minimum absolute atomic E-state index is 0.314. The summed E-state index contributed by atoms with van der Waals surface area (Å²) < 4.78 is 10.2. The fourth-order valence-corrected chi connectivity index (χ4v) is 1.27. The molecule has 0 bridgehead atoms. The van der Waals surface area contributed by atoms with E-state index in [1.54, 1.807) is 19.2 Å². The molecule has 0 aliphatic rings. The fraction of sp³-hybridized carbons (Fsp3) is 0.364. The maximum Gasteiger partial charge on any atom is 0.265 e. The highest BCUT2D eigenvalue weighted by atomic mass is 16.5. The van der Waals surface area contributed by atoms with Crippen LogP contribution in [-0.4, -0.2) is 26.2 Å². The van der Waals surface area contributed by atoms with Gasteiger partial charge in [-0.1, -0.05) is 18.2 Å². The van der Waals surface area contributed by atoms with Crippen molar-refractivity contribution in [3.8, 4) is 0 Å². The summed E-state index contributed by atoms with van der Waals surface area (Å²) >= 11 is 0. The van der Waals surface area contributed by atoms with E-state index in [0.717, 1.165) is 5.56 Å². The third-order valence-electron chi connectivity index (χ3n) is 2.08. The van der Waals surface area contributed by atoms with Gasteiger partial charge in [-0.15, -0.1) is 0 Å². The van der Waals surface area contributed by atoms with Crippen LogP contribution >= 0.6 is 0 Å². The Kier molecular flexibility index (Phi) is 5.49. The number of carbonyl (C=O) groups excluding carboxylic acids is 1. The predicted octanol–water partition coefficient (Wildman–Crippen LogP) is 0.453. The van der Waals surface area contributed by atoms with Crippen LogP contribution in [0.15, 0.2) is 24.3 Å². The molecule has 0 radical (unpaired) electrons. The number of nitrogens with two attached hydrogens (primary N) is 1. The number of nitrogen functional groups attached to an aromatic ring is 1. The number of carbonyl (C=O) groups is 1. The molecule has 88 valence electrons. The van der Waals surface area contributed by atoms with Crippen LogP contribution in [0.1, 0.15) is 15.9 Å². The minimum Gasteiger partial charge on any atom is -0.382 e. The second kappa shape index (κ2) is 6.95. The number of rotatable bonds is 6. The molecule has 1 aromatic carbocycles. The molecule has 16 heavy (non-hydrogen) atoms. The van der Waals surface area contributed by atoms with Gasteiger partial charge in [0.15, 0.2) is 0 Å². The SMILES string of the molecule is COCCOCc1ccccc1C(=O)NN. The Morgan fingerprint density at radius 3 is 2.81 bits per heavy atom. The maximum absolute atomic E-state index is 11.4. The van der Waals surface area contributed by atoms with Crippen LogP contribution in [0.25, 0.3) is 0 Å². The molecular weight excluding hydrogens is 208 g/mol. The van der Waals surface area contributed by atoms with E-state index in [9.17, 15) is 4.79 Å². The standard InChI is InChI=1S/C11H16N2O3/c1-15-6-7-16-8-9-4-2-3-5-10(9)11(14)13-12/h2-5H,6-8,12H2,1H3,(H,13,14). The summed E-state index contributed by atoms with van der Waals surface area (Å²) in [5, 5.41) is 0. The van der Waals surface area contributed by atoms with Gasteiger partial charge in [0.25, 0.3) is 5.91 Å². The van der Waals surface area contributed by atoms with Crippen LogP contribution in [-0.2, 0) is 16.1 Å². The van der Waals surface area contributed by atoms with Gasteiger partial charge in [0.05, 0.1) is 19.8 Å². The van der Waals surface area contributed by atoms with Gasteiger partial charge < -0.3 is 9.47 Å². The Bertz CT molecular complexity index is 342. The molecule has 1 amide bonds. The van der Waals surface area contributed by atoms with Crippen LogP contribution in [0.3, 0.4) is 0 Å². The van der Waals surface area contributed by atoms with E-state index in [-0.39, 0.29) is 5.91 Å². The lowest BCUT2D eigenvalue weighted by atomic mass is 10.1. The highest BCUT2D eigenvalue weighted by Crippen LogP contribution is 2.09. The molecule has 0 unspecified atom stereocenters. The summed E-state index contributed by atoms with van der Waals surface area (Å²) in [6.45, 7) is 1.40. The van der Waals surface area contributed by atoms with Crippen molar-refractivity contribution < 1.29 is 14.3 Å². The number of hydrogen-bond acceptors (Lipinski definition) is 4. The van der Waals surface area contributed by atoms with Gasteiger partial charge in [0.2, 0.25) is 0 Å². The first-order valence-corrected chi connectivity index (χ1v) is 4.95. The van der Waals surface area contributed by atoms with Gasteiger partial charge in [-0.2, -0.15) is 0 Å². The summed E-state index contributed by atoms with van der Waals surface area (Å²) in [4.78, 5) is 11.4. The third kappa shape index (κ3) is 3.62. The summed E-state index contributed by atoms with van der Waals surface area (Å²) in [5.74, 6) is 4.78. The number of ether oxygens (including phenoxy) is 2. The second-order valence-corrected chi connectivity index (χ2v) is 3.18. The zero-order valence-electron chi connectivity index (χ0n) is 9.23. The molecule has 1 rings (SSSR count). The molecule has 0 heterocycles. The highest BCUT2D eigenvalue weighted by molar-refractivity contribution is 5.95. The number of methoxy groups -OCH3 is 1. The summed E-state index contributed by atoms with van der Waals surface area (Å²) in [6, 6.07) is 7.17. The summed E-state index contributed by atoms with van der Waals surface area (Å²) in [6.07, 6.45) is 0. The largest absolute Gasteiger partial charge is 0.382 e. The Balaban J connectivity index is 2.60. The normalized spacial score (nSPS) is 10.1. The highest BCUT2D eigenvalue weighted by Gasteiger charge is 2.08. The van der Waals surface area contributed by atoms with Gasteiger partial charge in [0, 0.05) is 12.7 Å². The van der Waals surface area contributed by atoms with Crippen molar-refractivity contribution in [1.82, 2.24) is 5.43 Å². The van der Waals surface area contributed by atoms with E-state index in [0.29, 0.717) is 25.4 Å². The van der Waals surface area contributed by atoms with Crippen molar-refractivity contribution in [3.63, 3.8) is 0 Å². The molecule has 5 heteroatoms. The van der Waals surface area contributed by atoms with Crippen LogP contribution in [0.2, 0.25) is 0 Å². The summed E-state index contributed by atoms with van der Waals surface area (Å²) in [5.41, 5.74) is 3.44. The van der Waals surface area contributed by atoms with Crippen molar-refractivity contribution in [2.75, 3.05) is 20.3 Å². The average molecular weight is 224 g/mol. The molecule has 0 aromatic heterocycles. The molecule has 3 N–H and O–H groups in total. The van der Waals surface area contributed by atoms with Gasteiger partial charge >= 0.3 is 0 Å². The zero-order chi connectivity index (χ0) is 11.8. The van der Waals surface area contributed by atoms with Crippen LogP contribution in [0, 0.1) is 0 Å². The molecule has 0 saturated heterocycles. The van der Waals surface area contributed by atoms with Crippen molar-refractivity contribution >= 4 is 5.91 Å². The first-order chi connectivity index (χ1) is 7.79. The maximum atomic E-state index is 11.4. The van der Waals surface area contributed by atoms with E-state index in [4.69, 9.17) is 15.3 Å². The fourth-order valence-electron chi connectivity index (χ4n) is 1.27. The first kappa shape index (κ1) is 12.6. The Hall–Kier alpha value is -1.43. The predicted molar refractivity (Wildman–Crippen MR) is 59.6 cm³/mol. The van der Waals surface area contributed by atoms with Gasteiger partial charge in [-0.05, 0) is 11.6 Å². The quantitative estimate of drug-likeness (QED) is 0.318. The zero-order valence-corrected chi connectivity index (χ0v) is 9.23. The van der Waals surface area contributed by atoms with E-state index in [2.05, 4.69) is 5.43 Å². The van der Waals surface area contributed by atoms with E-state index < -0.39 is 0 Å². The molecule has 5 nitrogen and oxygen atoms in total. The number of hydrogen-bond donors (Lipinski definition) is 2. The average Bonchev–Trinajstić information content (AvgIpc) is 2.34. The lowest BCUT2D eigenvalue weighted by Gasteiger charge is -2.08. The van der Waals surface area contributed by atoms with Crippen LogP contribution < -0.4 is 11.3 Å². The van der Waals surface area contributed by atoms with Crippen molar-refractivity contribution in [2.45, 2.75) is 6.61 Å². The number of hydrazine groups is 1. The van der Waals surface area contributed by atoms with Gasteiger partial charge in [0.1, 0.15) is 0 Å². The molecule has 0 aliphatic heterocycles. The lowest BCUT2D eigenvalue weighted by Crippen LogP contribution is -2.30. The van der Waals surface area contributed by atoms with Gasteiger partial charge in [-0.3, -0.25) is 10.2 Å². The first-order valence-electron chi connectivity index (χ1n) is 4.95. The molecular formula is C11H16N2O3. The van der Waals surface area contributed by atoms with Crippen molar-refractivity contribution in [1.29, 1.82) is 0 Å². The van der Waals surface area contributed by atoms with Crippen LogP contribution in [0.4, 0.5) is 0 Å². The number of nitrogens with one attached hydrogen (secondary N) is 1. The second-order valence-electron chi connectivity index (χ2n) is 3.18. The van der Waals surface area contributed by atoms with Crippen molar-refractivity contribution in [3.05, 3.63) is 35.4 Å². The Morgan fingerprint density at radius 2 is 2.12 bits per heavy atom. The van der Waals surface area contributed by atoms with E-state index in [1.165, 1.54) is 0 Å². The lowest BCUT2D eigenvalue weighted by molar-refractivity contribution is 0.0610. The molecule has 1 aromatic rings. The molecule has 0 atom stereocenters. The molecule has 0 saturated carbocycles. The third-order valence-corrected chi connectivity index (χ3v) is 2.08.